The van der Waals surface area contributed by atoms with Crippen LogP contribution >= 0.6 is 11.6 Å². The molecule has 1 aromatic heterocycles. The van der Waals surface area contributed by atoms with Crippen LogP contribution in [-0.4, -0.2) is 10.1 Å². The lowest BCUT2D eigenvalue weighted by Crippen LogP contribution is -2.03. The van der Waals surface area contributed by atoms with E-state index >= 15 is 0 Å². The SMILES string of the molecule is Nc1c(CO)cnc(Cl)c1C(F)F. The van der Waals surface area contributed by atoms with Crippen LogP contribution < -0.4 is 5.73 Å². The van der Waals surface area contributed by atoms with E-state index in [4.69, 9.17) is 22.4 Å². The molecule has 0 fully saturated rings. The van der Waals surface area contributed by atoms with Gasteiger partial charge in [0.2, 0.25) is 0 Å². The average Bonchev–Trinajstić information content (AvgIpc) is 2.04. The smallest absolute Gasteiger partial charge is 0.268 e. The summed E-state index contributed by atoms with van der Waals surface area (Å²) in [6.07, 6.45) is -1.62. The first-order chi connectivity index (χ1) is 6.07. The largest absolute Gasteiger partial charge is 0.398 e. The van der Waals surface area contributed by atoms with Crippen molar-refractivity contribution in [2.75, 3.05) is 5.73 Å². The van der Waals surface area contributed by atoms with E-state index < -0.39 is 18.6 Å². The minimum atomic E-state index is -2.79. The second-order valence-electron chi connectivity index (χ2n) is 2.36. The Hall–Kier alpha value is -0.940. The Morgan fingerprint density at radius 2 is 2.23 bits per heavy atom. The molecular formula is C7H7ClF2N2O. The molecule has 1 rings (SSSR count). The van der Waals surface area contributed by atoms with Gasteiger partial charge in [-0.1, -0.05) is 11.6 Å². The molecule has 0 atom stereocenters. The van der Waals surface area contributed by atoms with Crippen molar-refractivity contribution in [2.24, 2.45) is 0 Å². The summed E-state index contributed by atoms with van der Waals surface area (Å²) in [5.74, 6) is 0. The van der Waals surface area contributed by atoms with E-state index in [1.807, 2.05) is 0 Å². The van der Waals surface area contributed by atoms with Gasteiger partial charge >= 0.3 is 0 Å². The second-order valence-corrected chi connectivity index (χ2v) is 2.72. The summed E-state index contributed by atoms with van der Waals surface area (Å²) in [4.78, 5) is 3.48. The van der Waals surface area contributed by atoms with Gasteiger partial charge in [-0.2, -0.15) is 0 Å². The minimum Gasteiger partial charge on any atom is -0.398 e. The van der Waals surface area contributed by atoms with Crippen LogP contribution in [-0.2, 0) is 6.61 Å². The maximum Gasteiger partial charge on any atom is 0.268 e. The van der Waals surface area contributed by atoms with E-state index in [1.54, 1.807) is 0 Å². The highest BCUT2D eigenvalue weighted by atomic mass is 35.5. The van der Waals surface area contributed by atoms with Crippen LogP contribution in [0.4, 0.5) is 14.5 Å². The predicted octanol–water partition coefficient (Wildman–Crippen LogP) is 1.75. The van der Waals surface area contributed by atoms with Crippen LogP contribution in [0.3, 0.4) is 0 Å². The average molecular weight is 209 g/mol. The zero-order valence-corrected chi connectivity index (χ0v) is 7.22. The van der Waals surface area contributed by atoms with Crippen molar-refractivity contribution in [3.05, 3.63) is 22.5 Å². The van der Waals surface area contributed by atoms with E-state index in [0.29, 0.717) is 0 Å². The minimum absolute atomic E-state index is 0.153. The third kappa shape index (κ3) is 1.87. The zero-order chi connectivity index (χ0) is 10.0. The summed E-state index contributed by atoms with van der Waals surface area (Å²) < 4.78 is 24.6. The van der Waals surface area contributed by atoms with Crippen LogP contribution in [0.5, 0.6) is 0 Å². The zero-order valence-electron chi connectivity index (χ0n) is 6.47. The first kappa shape index (κ1) is 10.1. The molecule has 72 valence electrons. The van der Waals surface area contributed by atoms with Crippen molar-refractivity contribution in [1.29, 1.82) is 0 Å². The van der Waals surface area contributed by atoms with E-state index in [0.717, 1.165) is 0 Å². The topological polar surface area (TPSA) is 59.1 Å². The van der Waals surface area contributed by atoms with Gasteiger partial charge in [0, 0.05) is 11.8 Å². The van der Waals surface area contributed by atoms with Crippen molar-refractivity contribution in [1.82, 2.24) is 4.98 Å². The van der Waals surface area contributed by atoms with Crippen molar-refractivity contribution >= 4 is 17.3 Å². The lowest BCUT2D eigenvalue weighted by atomic mass is 10.1. The highest BCUT2D eigenvalue weighted by Gasteiger charge is 2.18. The van der Waals surface area contributed by atoms with Crippen LogP contribution in [0.2, 0.25) is 5.15 Å². The highest BCUT2D eigenvalue weighted by molar-refractivity contribution is 6.30. The van der Waals surface area contributed by atoms with Gasteiger partial charge in [0.15, 0.2) is 0 Å². The number of pyridine rings is 1. The maximum atomic E-state index is 12.3. The molecule has 0 spiro atoms. The Morgan fingerprint density at radius 1 is 1.62 bits per heavy atom. The molecule has 0 aliphatic rings. The molecule has 0 bridgehead atoms. The number of hydrogen-bond acceptors (Lipinski definition) is 3. The summed E-state index contributed by atoms with van der Waals surface area (Å²) in [5.41, 5.74) is 4.77. The van der Waals surface area contributed by atoms with Crippen LogP contribution in [0.25, 0.3) is 0 Å². The van der Waals surface area contributed by atoms with Gasteiger partial charge in [-0.15, -0.1) is 0 Å². The van der Waals surface area contributed by atoms with Gasteiger partial charge in [0.25, 0.3) is 6.43 Å². The number of alkyl halides is 2. The molecule has 0 unspecified atom stereocenters. The molecular weight excluding hydrogens is 202 g/mol. The van der Waals surface area contributed by atoms with E-state index in [-0.39, 0.29) is 16.4 Å². The summed E-state index contributed by atoms with van der Waals surface area (Å²) in [5, 5.41) is 8.38. The molecule has 6 heteroatoms. The van der Waals surface area contributed by atoms with Crippen LogP contribution in [0.1, 0.15) is 17.6 Å². The number of hydrogen-bond donors (Lipinski definition) is 2. The van der Waals surface area contributed by atoms with Crippen molar-refractivity contribution in [3.63, 3.8) is 0 Å². The molecule has 0 radical (unpaired) electrons. The number of anilines is 1. The van der Waals surface area contributed by atoms with Gasteiger partial charge in [-0.3, -0.25) is 0 Å². The third-order valence-electron chi connectivity index (χ3n) is 1.58. The summed E-state index contributed by atoms with van der Waals surface area (Å²) >= 11 is 5.40. The molecule has 0 saturated carbocycles. The van der Waals surface area contributed by atoms with Gasteiger partial charge < -0.3 is 10.8 Å². The molecule has 3 nitrogen and oxygen atoms in total. The fourth-order valence-electron chi connectivity index (χ4n) is 0.891. The number of aliphatic hydroxyl groups is 1. The van der Waals surface area contributed by atoms with Crippen molar-refractivity contribution in [2.45, 2.75) is 13.0 Å². The fraction of sp³-hybridized carbons (Fsp3) is 0.286. The molecule has 0 saturated heterocycles. The Balaban J connectivity index is 3.30. The number of rotatable bonds is 2. The first-order valence-corrected chi connectivity index (χ1v) is 3.77. The van der Waals surface area contributed by atoms with E-state index in [1.165, 1.54) is 6.20 Å². The Kier molecular flexibility index (Phi) is 3.00. The van der Waals surface area contributed by atoms with Crippen molar-refractivity contribution in [3.8, 4) is 0 Å². The Bertz CT molecular complexity index is 320. The highest BCUT2D eigenvalue weighted by Crippen LogP contribution is 2.32. The summed E-state index contributed by atoms with van der Waals surface area (Å²) in [6.45, 7) is -0.435. The summed E-state index contributed by atoms with van der Waals surface area (Å²) in [6, 6.07) is 0. The summed E-state index contributed by atoms with van der Waals surface area (Å²) in [7, 11) is 0. The van der Waals surface area contributed by atoms with Crippen molar-refractivity contribution < 1.29 is 13.9 Å². The molecule has 0 amide bonds. The Labute approximate surface area is 78.1 Å². The third-order valence-corrected chi connectivity index (χ3v) is 1.88. The van der Waals surface area contributed by atoms with Gasteiger partial charge in [-0.25, -0.2) is 13.8 Å². The molecule has 0 aliphatic heterocycles. The molecule has 1 aromatic rings. The second kappa shape index (κ2) is 3.85. The van der Waals surface area contributed by atoms with Crippen LogP contribution in [0, 0.1) is 0 Å². The number of nitrogens with two attached hydrogens (primary N) is 1. The van der Waals surface area contributed by atoms with E-state index in [9.17, 15) is 8.78 Å². The molecule has 0 aromatic carbocycles. The van der Waals surface area contributed by atoms with Crippen LogP contribution in [0.15, 0.2) is 6.20 Å². The molecule has 13 heavy (non-hydrogen) atoms. The standard InChI is InChI=1S/C7H7ClF2N2O/c8-6-4(7(9)10)5(11)3(2-13)1-12-6/h1,7,13H,2H2,(H2,11,12). The lowest BCUT2D eigenvalue weighted by molar-refractivity contribution is 0.151. The van der Waals surface area contributed by atoms with E-state index in [2.05, 4.69) is 4.98 Å². The number of nitrogen functional groups attached to an aromatic ring is 1. The quantitative estimate of drug-likeness (QED) is 0.728. The Morgan fingerprint density at radius 3 is 2.69 bits per heavy atom. The normalized spacial score (nSPS) is 10.8. The van der Waals surface area contributed by atoms with Gasteiger partial charge in [0.05, 0.1) is 17.9 Å². The lowest BCUT2D eigenvalue weighted by Gasteiger charge is -2.09. The van der Waals surface area contributed by atoms with Gasteiger partial charge in [0.1, 0.15) is 5.15 Å². The molecule has 3 N–H and O–H groups in total. The number of nitrogens with zero attached hydrogens (tertiary/aromatic N) is 1. The molecule has 1 heterocycles. The molecule has 0 aliphatic carbocycles. The first-order valence-electron chi connectivity index (χ1n) is 3.39. The number of halogens is 3. The van der Waals surface area contributed by atoms with Gasteiger partial charge in [-0.05, 0) is 0 Å². The number of aliphatic hydroxyl groups excluding tert-OH is 1. The predicted molar refractivity (Wildman–Crippen MR) is 44.5 cm³/mol. The maximum absolute atomic E-state index is 12.3. The monoisotopic (exact) mass is 208 g/mol. The number of aromatic nitrogens is 1. The fourth-order valence-corrected chi connectivity index (χ4v) is 1.12.